The number of ether oxygens (including phenoxy) is 2. The van der Waals surface area contributed by atoms with Crippen molar-refractivity contribution in [3.8, 4) is 0 Å². The summed E-state index contributed by atoms with van der Waals surface area (Å²) in [6, 6.07) is 10.5. The lowest BCUT2D eigenvalue weighted by Gasteiger charge is -2.31. The minimum atomic E-state index is -0.421. The van der Waals surface area contributed by atoms with E-state index in [1.807, 2.05) is 6.07 Å². The molecule has 1 aliphatic heterocycles. The first-order valence-electron chi connectivity index (χ1n) is 6.75. The second kappa shape index (κ2) is 7.26. The van der Waals surface area contributed by atoms with Gasteiger partial charge in [0.2, 0.25) is 0 Å². The first-order valence-corrected chi connectivity index (χ1v) is 6.75. The van der Waals surface area contributed by atoms with E-state index in [1.165, 1.54) is 12.7 Å². The van der Waals surface area contributed by atoms with Gasteiger partial charge in [0.1, 0.15) is 0 Å². The summed E-state index contributed by atoms with van der Waals surface area (Å²) in [7, 11) is 1.40. The Morgan fingerprint density at radius 3 is 2.95 bits per heavy atom. The van der Waals surface area contributed by atoms with Gasteiger partial charge in [-0.15, -0.1) is 0 Å². The fourth-order valence-corrected chi connectivity index (χ4v) is 2.33. The summed E-state index contributed by atoms with van der Waals surface area (Å²) in [4.78, 5) is 13.7. The number of methoxy groups -OCH3 is 1. The van der Waals surface area contributed by atoms with Crippen LogP contribution in [0.1, 0.15) is 12.0 Å². The Morgan fingerprint density at radius 2 is 2.21 bits per heavy atom. The van der Waals surface area contributed by atoms with Crippen LogP contribution in [0.15, 0.2) is 30.3 Å². The van der Waals surface area contributed by atoms with Crippen LogP contribution in [0.5, 0.6) is 0 Å². The molecule has 4 nitrogen and oxygen atoms in total. The third kappa shape index (κ3) is 4.33. The molecule has 2 rings (SSSR count). The molecular weight excluding hydrogens is 242 g/mol. The maximum absolute atomic E-state index is 11.4. The number of nitrogens with zero attached hydrogens (tertiary/aromatic N) is 1. The number of morpholine rings is 1. The Morgan fingerprint density at radius 1 is 1.42 bits per heavy atom. The van der Waals surface area contributed by atoms with Crippen LogP contribution < -0.4 is 0 Å². The van der Waals surface area contributed by atoms with Gasteiger partial charge in [-0.2, -0.15) is 0 Å². The Hall–Kier alpha value is -1.39. The molecule has 1 aromatic carbocycles. The molecule has 19 heavy (non-hydrogen) atoms. The topological polar surface area (TPSA) is 38.8 Å². The molecule has 0 N–H and O–H groups in total. The van der Waals surface area contributed by atoms with Gasteiger partial charge in [0.05, 0.1) is 13.7 Å². The van der Waals surface area contributed by atoms with Crippen LogP contribution in [0.3, 0.4) is 0 Å². The second-order valence-corrected chi connectivity index (χ2v) is 4.77. The molecule has 1 aliphatic rings. The molecular formula is C15H21NO3. The fraction of sp³-hybridized carbons (Fsp3) is 0.533. The number of rotatable bonds is 5. The van der Waals surface area contributed by atoms with E-state index in [-0.39, 0.29) is 5.97 Å². The number of carbonyl (C=O) groups excluding carboxylic acids is 1. The molecule has 0 amide bonds. The van der Waals surface area contributed by atoms with Gasteiger partial charge < -0.3 is 9.47 Å². The van der Waals surface area contributed by atoms with E-state index in [1.54, 1.807) is 0 Å². The average Bonchev–Trinajstić information content (AvgIpc) is 2.48. The molecule has 1 atom stereocenters. The lowest BCUT2D eigenvalue weighted by molar-refractivity contribution is -0.159. The van der Waals surface area contributed by atoms with Crippen LogP contribution in [-0.4, -0.2) is 50.3 Å². The third-order valence-electron chi connectivity index (χ3n) is 3.40. The summed E-state index contributed by atoms with van der Waals surface area (Å²) in [5.74, 6) is -0.271. The average molecular weight is 263 g/mol. The minimum Gasteiger partial charge on any atom is -0.467 e. The molecule has 0 aliphatic carbocycles. The van der Waals surface area contributed by atoms with Gasteiger partial charge in [0.25, 0.3) is 0 Å². The summed E-state index contributed by atoms with van der Waals surface area (Å²) in [6.07, 6.45) is 1.74. The van der Waals surface area contributed by atoms with E-state index in [0.717, 1.165) is 25.9 Å². The summed E-state index contributed by atoms with van der Waals surface area (Å²) in [6.45, 7) is 3.13. The first kappa shape index (κ1) is 14.0. The molecule has 1 saturated heterocycles. The SMILES string of the molecule is COC(=O)C1CN(CCCc2ccccc2)CCO1. The number of benzene rings is 1. The van der Waals surface area contributed by atoms with Crippen molar-refractivity contribution < 1.29 is 14.3 Å². The number of esters is 1. The maximum atomic E-state index is 11.4. The van der Waals surface area contributed by atoms with Crippen molar-refractivity contribution >= 4 is 5.97 Å². The summed E-state index contributed by atoms with van der Waals surface area (Å²) in [5.41, 5.74) is 1.36. The number of hydrogen-bond donors (Lipinski definition) is 0. The minimum absolute atomic E-state index is 0.271. The van der Waals surface area contributed by atoms with Crippen molar-refractivity contribution in [2.24, 2.45) is 0 Å². The van der Waals surface area contributed by atoms with Crippen LogP contribution in [0.4, 0.5) is 0 Å². The van der Waals surface area contributed by atoms with Crippen LogP contribution in [0.25, 0.3) is 0 Å². The summed E-state index contributed by atoms with van der Waals surface area (Å²) >= 11 is 0. The monoisotopic (exact) mass is 263 g/mol. The quantitative estimate of drug-likeness (QED) is 0.755. The molecule has 1 unspecified atom stereocenters. The van der Waals surface area contributed by atoms with E-state index in [4.69, 9.17) is 9.47 Å². The van der Waals surface area contributed by atoms with Crippen molar-refractivity contribution in [1.82, 2.24) is 4.90 Å². The maximum Gasteiger partial charge on any atom is 0.336 e. The third-order valence-corrected chi connectivity index (χ3v) is 3.40. The molecule has 0 aromatic heterocycles. The van der Waals surface area contributed by atoms with E-state index >= 15 is 0 Å². The van der Waals surface area contributed by atoms with Crippen LogP contribution in [0.2, 0.25) is 0 Å². The normalized spacial score (nSPS) is 20.2. The standard InChI is InChI=1S/C15H21NO3/c1-18-15(17)14-12-16(10-11-19-14)9-5-8-13-6-3-2-4-7-13/h2-4,6-7,14H,5,8-12H2,1H3. The molecule has 0 radical (unpaired) electrons. The largest absolute Gasteiger partial charge is 0.467 e. The van der Waals surface area contributed by atoms with Crippen LogP contribution in [0, 0.1) is 0 Å². The summed E-state index contributed by atoms with van der Waals surface area (Å²) < 4.78 is 10.1. The molecule has 1 aromatic rings. The highest BCUT2D eigenvalue weighted by atomic mass is 16.6. The molecule has 4 heteroatoms. The Bertz CT molecular complexity index is 394. The van der Waals surface area contributed by atoms with E-state index < -0.39 is 6.10 Å². The second-order valence-electron chi connectivity index (χ2n) is 4.77. The van der Waals surface area contributed by atoms with E-state index in [2.05, 4.69) is 29.2 Å². The van der Waals surface area contributed by atoms with Gasteiger partial charge in [0.15, 0.2) is 6.10 Å². The van der Waals surface area contributed by atoms with Crippen molar-refractivity contribution in [3.63, 3.8) is 0 Å². The van der Waals surface area contributed by atoms with Crippen LogP contribution >= 0.6 is 0 Å². The molecule has 0 saturated carbocycles. The fourth-order valence-electron chi connectivity index (χ4n) is 2.33. The Balaban J connectivity index is 1.72. The number of carbonyl (C=O) groups is 1. The van der Waals surface area contributed by atoms with Gasteiger partial charge in [-0.3, -0.25) is 4.90 Å². The van der Waals surface area contributed by atoms with Crippen LogP contribution in [-0.2, 0) is 20.7 Å². The van der Waals surface area contributed by atoms with Gasteiger partial charge >= 0.3 is 5.97 Å². The van der Waals surface area contributed by atoms with Gasteiger partial charge in [0, 0.05) is 13.1 Å². The summed E-state index contributed by atoms with van der Waals surface area (Å²) in [5, 5.41) is 0. The van der Waals surface area contributed by atoms with Gasteiger partial charge in [-0.1, -0.05) is 30.3 Å². The van der Waals surface area contributed by atoms with E-state index in [0.29, 0.717) is 13.2 Å². The molecule has 0 bridgehead atoms. The Kier molecular flexibility index (Phi) is 5.36. The molecule has 104 valence electrons. The van der Waals surface area contributed by atoms with Gasteiger partial charge in [-0.25, -0.2) is 4.79 Å². The zero-order valence-corrected chi connectivity index (χ0v) is 11.4. The van der Waals surface area contributed by atoms with Crippen molar-refractivity contribution in [1.29, 1.82) is 0 Å². The van der Waals surface area contributed by atoms with Crippen molar-refractivity contribution in [2.45, 2.75) is 18.9 Å². The van der Waals surface area contributed by atoms with E-state index in [9.17, 15) is 4.79 Å². The van der Waals surface area contributed by atoms with Crippen molar-refractivity contribution in [3.05, 3.63) is 35.9 Å². The van der Waals surface area contributed by atoms with Crippen molar-refractivity contribution in [2.75, 3.05) is 33.4 Å². The van der Waals surface area contributed by atoms with Gasteiger partial charge in [-0.05, 0) is 24.9 Å². The zero-order valence-electron chi connectivity index (χ0n) is 11.4. The molecule has 0 spiro atoms. The predicted octanol–water partition coefficient (Wildman–Crippen LogP) is 1.49. The number of hydrogen-bond acceptors (Lipinski definition) is 4. The number of aryl methyl sites for hydroxylation is 1. The smallest absolute Gasteiger partial charge is 0.336 e. The molecule has 1 heterocycles. The first-order chi connectivity index (χ1) is 9.29. The highest BCUT2D eigenvalue weighted by Gasteiger charge is 2.26. The lowest BCUT2D eigenvalue weighted by atomic mass is 10.1. The zero-order chi connectivity index (χ0) is 13.5. The highest BCUT2D eigenvalue weighted by molar-refractivity contribution is 5.74. The highest BCUT2D eigenvalue weighted by Crippen LogP contribution is 2.09. The Labute approximate surface area is 114 Å². The molecule has 1 fully saturated rings. The lowest BCUT2D eigenvalue weighted by Crippen LogP contribution is -2.46. The predicted molar refractivity (Wildman–Crippen MR) is 73.0 cm³/mol.